The lowest BCUT2D eigenvalue weighted by molar-refractivity contribution is 0.282. The summed E-state index contributed by atoms with van der Waals surface area (Å²) in [5, 5.41) is 0.156. The topological polar surface area (TPSA) is 28.0 Å². The first-order valence-electron chi connectivity index (χ1n) is 10.2. The summed E-state index contributed by atoms with van der Waals surface area (Å²) in [6.07, 6.45) is 4.29. The molecule has 0 aliphatic carbocycles. The Morgan fingerprint density at radius 3 is 2.48 bits per heavy atom. The van der Waals surface area contributed by atoms with Crippen molar-refractivity contribution in [3.05, 3.63) is 51.9 Å². The number of allylic oxidation sites excluding steroid dienone is 2. The van der Waals surface area contributed by atoms with Gasteiger partial charge in [0.25, 0.3) is 0 Å². The number of benzene rings is 1. The van der Waals surface area contributed by atoms with Crippen LogP contribution in [0.1, 0.15) is 64.2 Å². The van der Waals surface area contributed by atoms with Crippen LogP contribution in [0.15, 0.2) is 34.4 Å². The second-order valence-corrected chi connectivity index (χ2v) is 8.32. The predicted octanol–water partition coefficient (Wildman–Crippen LogP) is 6.77. The van der Waals surface area contributed by atoms with E-state index in [1.807, 2.05) is 19.9 Å². The van der Waals surface area contributed by atoms with Gasteiger partial charge in [-0.05, 0) is 68.6 Å². The standard InChI is InChI=1S/C24H35ClFN3/c1-9-20-22(11-16(3)4)21(13-23(25)24(20)26)17(5)14-29(10-2)15-28-19(7)12-18(6)27-8/h9,12-13,16-17H,1,8,10-11,14-15H2,2-7H3/b18-12+,28-19?. The minimum atomic E-state index is -0.376. The molecular weight excluding hydrogens is 385 g/mol. The van der Waals surface area contributed by atoms with Crippen molar-refractivity contribution < 1.29 is 4.39 Å². The first kappa shape index (κ1) is 25.3. The summed E-state index contributed by atoms with van der Waals surface area (Å²) >= 11 is 6.21. The highest BCUT2D eigenvalue weighted by atomic mass is 35.5. The summed E-state index contributed by atoms with van der Waals surface area (Å²) in [5.74, 6) is 0.213. The van der Waals surface area contributed by atoms with Gasteiger partial charge in [0, 0.05) is 23.5 Å². The van der Waals surface area contributed by atoms with E-state index in [1.54, 1.807) is 12.1 Å². The fourth-order valence-electron chi connectivity index (χ4n) is 3.37. The van der Waals surface area contributed by atoms with Crippen molar-refractivity contribution in [1.29, 1.82) is 0 Å². The van der Waals surface area contributed by atoms with Crippen LogP contribution in [0, 0.1) is 11.7 Å². The average molecular weight is 420 g/mol. The van der Waals surface area contributed by atoms with Crippen molar-refractivity contribution in [3.63, 3.8) is 0 Å². The van der Waals surface area contributed by atoms with E-state index >= 15 is 0 Å². The lowest BCUT2D eigenvalue weighted by Crippen LogP contribution is -2.29. The van der Waals surface area contributed by atoms with Crippen LogP contribution in [0.4, 0.5) is 4.39 Å². The van der Waals surface area contributed by atoms with E-state index in [-0.39, 0.29) is 16.8 Å². The van der Waals surface area contributed by atoms with Gasteiger partial charge in [0.1, 0.15) is 5.82 Å². The summed E-state index contributed by atoms with van der Waals surface area (Å²) < 4.78 is 14.6. The van der Waals surface area contributed by atoms with Gasteiger partial charge in [-0.25, -0.2) is 4.39 Å². The molecule has 0 saturated heterocycles. The van der Waals surface area contributed by atoms with E-state index in [4.69, 9.17) is 11.6 Å². The molecule has 0 saturated carbocycles. The number of likely N-dealkylation sites (N-methyl/N-ethyl adjacent to an activating group) is 1. The average Bonchev–Trinajstić information content (AvgIpc) is 2.67. The molecule has 1 atom stereocenters. The molecule has 1 rings (SSSR count). The van der Waals surface area contributed by atoms with E-state index in [0.29, 0.717) is 18.2 Å². The molecular formula is C24H35ClFN3. The summed E-state index contributed by atoms with van der Waals surface area (Å²) in [5.41, 5.74) is 4.39. The Bertz CT molecular complexity index is 781. The van der Waals surface area contributed by atoms with Gasteiger partial charge in [0.05, 0.1) is 11.7 Å². The SMILES string of the molecule is C=Cc1c(F)c(Cl)cc(C(C)CN(CC)CN=C(C)/C=C(\C)N=C)c1CC(C)C. The van der Waals surface area contributed by atoms with E-state index in [0.717, 1.165) is 42.0 Å². The van der Waals surface area contributed by atoms with Crippen LogP contribution in [-0.4, -0.2) is 37.1 Å². The van der Waals surface area contributed by atoms with Gasteiger partial charge < -0.3 is 0 Å². The molecule has 29 heavy (non-hydrogen) atoms. The molecule has 1 aromatic carbocycles. The molecule has 0 bridgehead atoms. The van der Waals surface area contributed by atoms with Crippen LogP contribution in [0.25, 0.3) is 6.08 Å². The highest BCUT2D eigenvalue weighted by Crippen LogP contribution is 2.33. The lowest BCUT2D eigenvalue weighted by atomic mass is 9.87. The Balaban J connectivity index is 3.14. The highest BCUT2D eigenvalue weighted by Gasteiger charge is 2.21. The quantitative estimate of drug-likeness (QED) is 0.364. The molecule has 0 aliphatic heterocycles. The molecule has 160 valence electrons. The third-order valence-corrected chi connectivity index (χ3v) is 5.19. The molecule has 1 aromatic rings. The van der Waals surface area contributed by atoms with Gasteiger partial charge in [-0.1, -0.05) is 52.0 Å². The maximum atomic E-state index is 14.6. The summed E-state index contributed by atoms with van der Waals surface area (Å²) in [7, 11) is 0. The van der Waals surface area contributed by atoms with Crippen LogP contribution in [0.3, 0.4) is 0 Å². The van der Waals surface area contributed by atoms with Gasteiger partial charge in [-0.15, -0.1) is 0 Å². The molecule has 5 heteroatoms. The first-order valence-corrected chi connectivity index (χ1v) is 10.5. The van der Waals surface area contributed by atoms with Crippen LogP contribution in [0.2, 0.25) is 5.02 Å². The predicted molar refractivity (Wildman–Crippen MR) is 127 cm³/mol. The fourth-order valence-corrected chi connectivity index (χ4v) is 3.59. The molecule has 0 amide bonds. The Labute approximate surface area is 181 Å². The molecule has 3 nitrogen and oxygen atoms in total. The molecule has 0 spiro atoms. The summed E-state index contributed by atoms with van der Waals surface area (Å²) in [6, 6.07) is 1.79. The monoisotopic (exact) mass is 419 g/mol. The minimum Gasteiger partial charge on any atom is -0.284 e. The third kappa shape index (κ3) is 7.52. The van der Waals surface area contributed by atoms with E-state index in [1.165, 1.54) is 0 Å². The highest BCUT2D eigenvalue weighted by molar-refractivity contribution is 6.31. The molecule has 0 N–H and O–H groups in total. The van der Waals surface area contributed by atoms with E-state index in [2.05, 4.69) is 55.9 Å². The maximum absolute atomic E-state index is 14.6. The number of hydrogen-bond donors (Lipinski definition) is 0. The van der Waals surface area contributed by atoms with Crippen LogP contribution >= 0.6 is 11.6 Å². The second-order valence-electron chi connectivity index (χ2n) is 7.91. The Hall–Kier alpha value is -1.78. The smallest absolute Gasteiger partial charge is 0.149 e. The van der Waals surface area contributed by atoms with E-state index < -0.39 is 0 Å². The van der Waals surface area contributed by atoms with Crippen molar-refractivity contribution in [2.75, 3.05) is 19.8 Å². The molecule has 0 heterocycles. The molecule has 0 aromatic heterocycles. The van der Waals surface area contributed by atoms with Crippen molar-refractivity contribution in [3.8, 4) is 0 Å². The molecule has 0 fully saturated rings. The first-order chi connectivity index (χ1) is 13.6. The van der Waals surface area contributed by atoms with Gasteiger partial charge in [-0.3, -0.25) is 14.9 Å². The minimum absolute atomic E-state index is 0.156. The fraction of sp³-hybridized carbons (Fsp3) is 0.500. The van der Waals surface area contributed by atoms with Crippen LogP contribution in [0.5, 0.6) is 0 Å². The number of aliphatic imine (C=N–C) groups is 2. The van der Waals surface area contributed by atoms with Crippen molar-refractivity contribution in [2.24, 2.45) is 15.9 Å². The van der Waals surface area contributed by atoms with Crippen LogP contribution < -0.4 is 0 Å². The molecule has 0 aliphatic rings. The largest absolute Gasteiger partial charge is 0.284 e. The normalized spacial score (nSPS) is 13.9. The van der Waals surface area contributed by atoms with Crippen LogP contribution in [-0.2, 0) is 6.42 Å². The zero-order chi connectivity index (χ0) is 22.1. The number of hydrogen-bond acceptors (Lipinski definition) is 3. The zero-order valence-corrected chi connectivity index (χ0v) is 19.5. The maximum Gasteiger partial charge on any atom is 0.149 e. The molecule has 0 radical (unpaired) electrons. The number of halogens is 2. The third-order valence-electron chi connectivity index (χ3n) is 4.92. The van der Waals surface area contributed by atoms with Gasteiger partial charge in [0.2, 0.25) is 0 Å². The van der Waals surface area contributed by atoms with Crippen molar-refractivity contribution >= 4 is 30.1 Å². The summed E-state index contributed by atoms with van der Waals surface area (Å²) in [4.78, 5) is 10.8. The zero-order valence-electron chi connectivity index (χ0n) is 18.7. The summed E-state index contributed by atoms with van der Waals surface area (Å²) in [6.45, 7) is 22.0. The Morgan fingerprint density at radius 1 is 1.31 bits per heavy atom. The number of nitrogens with zero attached hydrogens (tertiary/aromatic N) is 3. The Morgan fingerprint density at radius 2 is 1.97 bits per heavy atom. The van der Waals surface area contributed by atoms with Gasteiger partial charge in [-0.2, -0.15) is 0 Å². The second kappa shape index (κ2) is 12.0. The lowest BCUT2D eigenvalue weighted by Gasteiger charge is -2.26. The van der Waals surface area contributed by atoms with E-state index in [9.17, 15) is 4.39 Å². The van der Waals surface area contributed by atoms with Crippen molar-refractivity contribution in [2.45, 2.75) is 53.9 Å². The molecule has 1 unspecified atom stereocenters. The van der Waals surface area contributed by atoms with Crippen molar-refractivity contribution in [1.82, 2.24) is 4.90 Å². The van der Waals surface area contributed by atoms with Gasteiger partial charge in [0.15, 0.2) is 0 Å². The van der Waals surface area contributed by atoms with Gasteiger partial charge >= 0.3 is 0 Å². The number of rotatable bonds is 11. The Kier molecular flexibility index (Phi) is 10.5.